The number of hydrogen-bond donors (Lipinski definition) is 3. The molecule has 1 saturated heterocycles. The zero-order valence-corrected chi connectivity index (χ0v) is 25.7. The minimum atomic E-state index is -1.45. The Labute approximate surface area is 261 Å². The zero-order chi connectivity index (χ0) is 33.4. The van der Waals surface area contributed by atoms with Gasteiger partial charge in [-0.2, -0.15) is 0 Å². The molecule has 1 aliphatic heterocycles. The predicted octanol–water partition coefficient (Wildman–Crippen LogP) is 2.79. The van der Waals surface area contributed by atoms with E-state index in [-0.39, 0.29) is 19.6 Å². The second-order valence-corrected chi connectivity index (χ2v) is 11.0. The largest absolute Gasteiger partial charge is 0.480 e. The Balaban J connectivity index is 0.000000394. The first-order valence-corrected chi connectivity index (χ1v) is 14.2. The minimum absolute atomic E-state index is 0.0327. The third kappa shape index (κ3) is 12.8. The second-order valence-electron chi connectivity index (χ2n) is 11.0. The van der Waals surface area contributed by atoms with Gasteiger partial charge < -0.3 is 39.5 Å². The fourth-order valence-electron chi connectivity index (χ4n) is 4.25. The Morgan fingerprint density at radius 2 is 1.49 bits per heavy atom. The Morgan fingerprint density at radius 1 is 0.933 bits per heavy atom. The van der Waals surface area contributed by atoms with Gasteiger partial charge in [0.05, 0.1) is 18.9 Å². The lowest BCUT2D eigenvalue weighted by Gasteiger charge is -2.23. The van der Waals surface area contributed by atoms with Crippen LogP contribution in [-0.4, -0.2) is 72.7 Å². The van der Waals surface area contributed by atoms with Gasteiger partial charge >= 0.3 is 30.0 Å². The highest BCUT2D eigenvalue weighted by Crippen LogP contribution is 2.21. The molecular weight excluding hydrogens is 588 g/mol. The van der Waals surface area contributed by atoms with Crippen molar-refractivity contribution < 1.29 is 52.8 Å². The van der Waals surface area contributed by atoms with Gasteiger partial charge in [-0.3, -0.25) is 14.4 Å². The first-order valence-electron chi connectivity index (χ1n) is 14.2. The molecule has 244 valence electrons. The Morgan fingerprint density at radius 3 is 1.98 bits per heavy atom. The van der Waals surface area contributed by atoms with Crippen LogP contribution in [0.1, 0.15) is 44.7 Å². The van der Waals surface area contributed by atoms with E-state index in [0.29, 0.717) is 19.3 Å². The highest BCUT2D eigenvalue weighted by atomic mass is 16.6. The van der Waals surface area contributed by atoms with Crippen LogP contribution in [0.25, 0.3) is 0 Å². The van der Waals surface area contributed by atoms with E-state index in [1.54, 1.807) is 69.3 Å². The number of carboxylic acid groups (broad SMARTS) is 1. The highest BCUT2D eigenvalue weighted by Gasteiger charge is 2.40. The van der Waals surface area contributed by atoms with E-state index in [4.69, 9.17) is 19.3 Å². The molecule has 0 unspecified atom stereocenters. The number of nitrogens with one attached hydrogen (secondary N) is 2. The normalized spacial score (nSPS) is 16.9. The lowest BCUT2D eigenvalue weighted by molar-refractivity contribution is -0.163. The number of hydrogen-bond acceptors (Lipinski definition) is 11. The van der Waals surface area contributed by atoms with Crippen molar-refractivity contribution in [3.05, 3.63) is 71.8 Å². The number of carbonyl (C=O) groups excluding carboxylic acids is 5. The number of esters is 3. The van der Waals surface area contributed by atoms with Crippen molar-refractivity contribution in [2.45, 2.75) is 64.5 Å². The van der Waals surface area contributed by atoms with Crippen molar-refractivity contribution in [3.63, 3.8) is 0 Å². The lowest BCUT2D eigenvalue weighted by atomic mass is 9.96. The Bertz CT molecular complexity index is 1280. The molecule has 3 rings (SSSR count). The first kappa shape index (κ1) is 36.4. The molecule has 2 aromatic rings. The van der Waals surface area contributed by atoms with Gasteiger partial charge in [0.1, 0.15) is 37.2 Å². The quantitative estimate of drug-likeness (QED) is 0.178. The van der Waals surface area contributed by atoms with Crippen LogP contribution in [0, 0.1) is 11.8 Å². The van der Waals surface area contributed by atoms with E-state index in [0.717, 1.165) is 18.2 Å². The van der Waals surface area contributed by atoms with E-state index in [9.17, 15) is 28.8 Å². The summed E-state index contributed by atoms with van der Waals surface area (Å²) in [7, 11) is 1.13. The topological polar surface area (TPSA) is 184 Å². The molecule has 0 aliphatic carbocycles. The molecule has 1 fully saturated rings. The molecule has 0 bridgehead atoms. The molecular formula is C32H40N2O11. The molecule has 13 nitrogen and oxygen atoms in total. The summed E-state index contributed by atoms with van der Waals surface area (Å²) < 4.78 is 20.2. The summed E-state index contributed by atoms with van der Waals surface area (Å²) in [6.45, 7) is 5.75. The second kappa shape index (κ2) is 18.1. The molecule has 3 N–H and O–H groups in total. The summed E-state index contributed by atoms with van der Waals surface area (Å²) in [5, 5.41) is 14.0. The minimum Gasteiger partial charge on any atom is -0.480 e. The number of methoxy groups -OCH3 is 1. The number of aldehydes is 1. The molecule has 2 aromatic carbocycles. The average Bonchev–Trinajstić information content (AvgIpc) is 3.52. The maximum absolute atomic E-state index is 12.6. The number of aliphatic carboxylic acids is 1. The monoisotopic (exact) mass is 628 g/mol. The van der Waals surface area contributed by atoms with Crippen molar-refractivity contribution in [2.75, 3.05) is 13.7 Å². The fraction of sp³-hybridized carbons (Fsp3) is 0.438. The maximum atomic E-state index is 12.6. The summed E-state index contributed by atoms with van der Waals surface area (Å²) in [6.07, 6.45) is -0.279. The predicted molar refractivity (Wildman–Crippen MR) is 159 cm³/mol. The van der Waals surface area contributed by atoms with Crippen molar-refractivity contribution >= 4 is 36.3 Å². The number of alkyl carbamates (subject to hydrolysis) is 1. The van der Waals surface area contributed by atoms with E-state index < -0.39 is 59.5 Å². The first-order chi connectivity index (χ1) is 21.4. The van der Waals surface area contributed by atoms with Crippen LogP contribution in [0.4, 0.5) is 4.79 Å². The molecule has 4 atom stereocenters. The Hall–Kier alpha value is -4.78. The average molecular weight is 629 g/mol. The van der Waals surface area contributed by atoms with E-state index in [2.05, 4.69) is 15.4 Å². The number of benzene rings is 2. The number of carbonyl (C=O) groups is 6. The van der Waals surface area contributed by atoms with Gasteiger partial charge in [0.2, 0.25) is 0 Å². The molecule has 0 radical (unpaired) electrons. The third-order valence-corrected chi connectivity index (χ3v) is 6.42. The molecule has 1 aliphatic rings. The number of rotatable bonds is 12. The van der Waals surface area contributed by atoms with E-state index in [1.807, 2.05) is 12.1 Å². The summed E-state index contributed by atoms with van der Waals surface area (Å²) in [5.74, 6) is -4.95. The maximum Gasteiger partial charge on any atom is 0.408 e. The van der Waals surface area contributed by atoms with Gasteiger partial charge in [-0.15, -0.1) is 0 Å². The number of amides is 1. The number of carboxylic acids is 1. The zero-order valence-electron chi connectivity index (χ0n) is 25.7. The summed E-state index contributed by atoms with van der Waals surface area (Å²) in [6, 6.07) is 15.6. The molecule has 1 amide bonds. The lowest BCUT2D eigenvalue weighted by Crippen LogP contribution is -2.49. The van der Waals surface area contributed by atoms with Gasteiger partial charge in [-0.05, 0) is 44.9 Å². The van der Waals surface area contributed by atoms with Crippen LogP contribution < -0.4 is 10.6 Å². The smallest absolute Gasteiger partial charge is 0.408 e. The van der Waals surface area contributed by atoms with Crippen LogP contribution in [0.3, 0.4) is 0 Å². The van der Waals surface area contributed by atoms with Crippen molar-refractivity contribution in [2.24, 2.45) is 11.8 Å². The molecule has 0 saturated carbocycles. The van der Waals surface area contributed by atoms with Crippen molar-refractivity contribution in [1.29, 1.82) is 0 Å². The molecule has 0 spiro atoms. The Kier molecular flexibility index (Phi) is 14.7. The van der Waals surface area contributed by atoms with Crippen molar-refractivity contribution in [1.82, 2.24) is 10.6 Å². The van der Waals surface area contributed by atoms with Gasteiger partial charge in [-0.1, -0.05) is 60.7 Å². The molecule has 45 heavy (non-hydrogen) atoms. The van der Waals surface area contributed by atoms with Gasteiger partial charge in [0, 0.05) is 6.42 Å². The van der Waals surface area contributed by atoms with Crippen LogP contribution in [0.15, 0.2) is 60.7 Å². The van der Waals surface area contributed by atoms with E-state index in [1.165, 1.54) is 0 Å². The summed E-state index contributed by atoms with van der Waals surface area (Å²) >= 11 is 0. The molecule has 0 aromatic heterocycles. The van der Waals surface area contributed by atoms with Gasteiger partial charge in [0.15, 0.2) is 0 Å². The molecule has 1 heterocycles. The van der Waals surface area contributed by atoms with Crippen LogP contribution in [0.2, 0.25) is 0 Å². The highest BCUT2D eigenvalue weighted by molar-refractivity contribution is 5.89. The SMILES string of the molecule is CC(C)(C)OC(=O)[C@H]1CCN[C@@H]1C(=O)O.COC(=O)[C@@H](CC=O)[C@H](NC(=O)OCc1ccccc1)C(=O)OCc1ccccc1. The summed E-state index contributed by atoms with van der Waals surface area (Å²) in [5.41, 5.74) is 0.900. The van der Waals surface area contributed by atoms with Gasteiger partial charge in [0.25, 0.3) is 0 Å². The summed E-state index contributed by atoms with van der Waals surface area (Å²) in [4.78, 5) is 70.5. The van der Waals surface area contributed by atoms with Crippen LogP contribution >= 0.6 is 0 Å². The standard InChI is InChI=1S/C22H23NO7.C10H17NO4/c1-28-20(25)18(12-13-24)19(21(26)29-14-16-8-4-2-5-9-16)23-22(27)30-15-17-10-6-3-7-11-17;1-10(2,3)15-9(14)6-4-5-11-7(6)8(12)13/h2-11,13,18-19H,12,14-15H2,1H3,(H,23,27);6-7,11H,4-5H2,1-3H3,(H,12,13)/t18-,19-;6-,7-/m00/s1. The van der Waals surface area contributed by atoms with E-state index >= 15 is 0 Å². The third-order valence-electron chi connectivity index (χ3n) is 6.42. The molecule has 13 heteroatoms. The van der Waals surface area contributed by atoms with Crippen molar-refractivity contribution in [3.8, 4) is 0 Å². The van der Waals surface area contributed by atoms with Crippen LogP contribution in [0.5, 0.6) is 0 Å². The number of ether oxygens (including phenoxy) is 4. The van der Waals surface area contributed by atoms with Crippen LogP contribution in [-0.2, 0) is 56.1 Å². The fourth-order valence-corrected chi connectivity index (χ4v) is 4.25. The van der Waals surface area contributed by atoms with Gasteiger partial charge in [-0.25, -0.2) is 9.59 Å².